The van der Waals surface area contributed by atoms with Crippen LogP contribution in [0.5, 0.6) is 5.75 Å². The fraction of sp³-hybridized carbons (Fsp3) is 0.172. The second-order valence-electron chi connectivity index (χ2n) is 7.80. The molecule has 4 aromatic rings. The summed E-state index contributed by atoms with van der Waals surface area (Å²) in [5.41, 5.74) is 5.73. The summed E-state index contributed by atoms with van der Waals surface area (Å²) in [6.07, 6.45) is 1.94. The van der Waals surface area contributed by atoms with Crippen LogP contribution in [0.2, 0.25) is 0 Å². The van der Waals surface area contributed by atoms with Gasteiger partial charge in [0.1, 0.15) is 16.8 Å². The monoisotopic (exact) mass is 450 g/mol. The molecular weight excluding hydrogens is 424 g/mol. The first-order valence-electron chi connectivity index (χ1n) is 11.1. The van der Waals surface area contributed by atoms with Crippen LogP contribution in [0, 0.1) is 18.3 Å². The van der Waals surface area contributed by atoms with Crippen molar-refractivity contribution in [2.75, 3.05) is 12.4 Å². The molecule has 0 spiro atoms. The Labute approximate surface area is 200 Å². The average Bonchev–Trinajstić information content (AvgIpc) is 2.86. The summed E-state index contributed by atoms with van der Waals surface area (Å²) in [7, 11) is 0. The van der Waals surface area contributed by atoms with Gasteiger partial charge in [0.25, 0.3) is 0 Å². The smallest absolute Gasteiger partial charge is 0.119 e. The number of rotatable bonds is 9. The Balaban J connectivity index is 1.48. The number of hydrogen-bond acceptors (Lipinski definition) is 4. The normalized spacial score (nSPS) is 10.5. The number of hydrogen-bond donors (Lipinski definition) is 0. The summed E-state index contributed by atoms with van der Waals surface area (Å²) in [6, 6.07) is 32.8. The molecule has 0 radical (unpaired) electrons. The highest BCUT2D eigenvalue weighted by atomic mass is 32.2. The summed E-state index contributed by atoms with van der Waals surface area (Å²) < 4.78 is 5.86. The number of thioether (sulfide) groups is 1. The van der Waals surface area contributed by atoms with Crippen LogP contribution in [0.3, 0.4) is 0 Å². The Hall–Kier alpha value is -3.55. The van der Waals surface area contributed by atoms with E-state index in [0.717, 1.165) is 51.8 Å². The third-order valence-electron chi connectivity index (χ3n) is 5.29. The fourth-order valence-electron chi connectivity index (χ4n) is 3.60. The lowest BCUT2D eigenvalue weighted by molar-refractivity contribution is 0.309. The van der Waals surface area contributed by atoms with Crippen LogP contribution in [0.4, 0.5) is 0 Å². The van der Waals surface area contributed by atoms with E-state index in [9.17, 15) is 5.26 Å². The predicted octanol–water partition coefficient (Wildman–Crippen LogP) is 7.55. The van der Waals surface area contributed by atoms with E-state index in [-0.39, 0.29) is 0 Å². The number of unbranched alkanes of at least 4 members (excludes halogenated alkanes) is 1. The second-order valence-corrected chi connectivity index (χ2v) is 8.88. The molecule has 0 saturated carbocycles. The average molecular weight is 451 g/mol. The first-order valence-corrected chi connectivity index (χ1v) is 12.1. The maximum Gasteiger partial charge on any atom is 0.119 e. The molecule has 33 heavy (non-hydrogen) atoms. The number of pyridine rings is 1. The Kier molecular flexibility index (Phi) is 7.79. The number of ether oxygens (including phenoxy) is 1. The highest BCUT2D eigenvalue weighted by molar-refractivity contribution is 7.99. The molecule has 0 amide bonds. The Morgan fingerprint density at radius 3 is 2.27 bits per heavy atom. The van der Waals surface area contributed by atoms with Crippen LogP contribution < -0.4 is 4.74 Å². The molecule has 0 unspecified atom stereocenters. The lowest BCUT2D eigenvalue weighted by Gasteiger charge is -2.13. The zero-order valence-electron chi connectivity index (χ0n) is 18.7. The first-order chi connectivity index (χ1) is 16.2. The van der Waals surface area contributed by atoms with Crippen LogP contribution >= 0.6 is 11.8 Å². The first kappa shape index (κ1) is 22.6. The lowest BCUT2D eigenvalue weighted by Crippen LogP contribution is -1.99. The van der Waals surface area contributed by atoms with E-state index >= 15 is 0 Å². The second kappa shape index (κ2) is 11.4. The number of benzene rings is 3. The van der Waals surface area contributed by atoms with E-state index in [1.165, 1.54) is 5.56 Å². The maximum atomic E-state index is 9.99. The molecule has 0 fully saturated rings. The molecule has 1 heterocycles. The van der Waals surface area contributed by atoms with E-state index in [4.69, 9.17) is 9.72 Å². The van der Waals surface area contributed by atoms with Gasteiger partial charge >= 0.3 is 0 Å². The molecule has 1 aromatic heterocycles. The fourth-order valence-corrected chi connectivity index (χ4v) is 4.61. The summed E-state index contributed by atoms with van der Waals surface area (Å²) in [4.78, 5) is 4.88. The Morgan fingerprint density at radius 1 is 0.848 bits per heavy atom. The zero-order valence-corrected chi connectivity index (χ0v) is 19.5. The van der Waals surface area contributed by atoms with E-state index in [0.29, 0.717) is 12.2 Å². The van der Waals surface area contributed by atoms with E-state index < -0.39 is 0 Å². The molecule has 0 N–H and O–H groups in total. The van der Waals surface area contributed by atoms with Crippen molar-refractivity contribution < 1.29 is 4.74 Å². The van der Waals surface area contributed by atoms with Gasteiger partial charge in [0.2, 0.25) is 0 Å². The van der Waals surface area contributed by atoms with Crippen molar-refractivity contribution in [1.29, 1.82) is 5.26 Å². The minimum Gasteiger partial charge on any atom is -0.494 e. The van der Waals surface area contributed by atoms with E-state index in [2.05, 4.69) is 37.3 Å². The number of aromatic nitrogens is 1. The van der Waals surface area contributed by atoms with Crippen molar-refractivity contribution >= 4 is 11.8 Å². The van der Waals surface area contributed by atoms with Gasteiger partial charge in [0.15, 0.2) is 0 Å². The summed E-state index contributed by atoms with van der Waals surface area (Å²) >= 11 is 1.65. The van der Waals surface area contributed by atoms with Gasteiger partial charge in [0, 0.05) is 11.1 Å². The van der Waals surface area contributed by atoms with Crippen LogP contribution in [0.15, 0.2) is 96.0 Å². The van der Waals surface area contributed by atoms with Crippen molar-refractivity contribution in [3.63, 3.8) is 0 Å². The van der Waals surface area contributed by atoms with Crippen molar-refractivity contribution in [3.8, 4) is 34.2 Å². The minimum absolute atomic E-state index is 0.641. The SMILES string of the molecule is Cc1cccc(OCCCCSc2nc(-c3ccccc3)cc(-c3ccccc3)c2C#N)c1. The molecule has 0 aliphatic carbocycles. The third-order valence-corrected chi connectivity index (χ3v) is 6.35. The van der Waals surface area contributed by atoms with E-state index in [1.807, 2.05) is 66.7 Å². The quantitative estimate of drug-likeness (QED) is 0.195. The summed E-state index contributed by atoms with van der Waals surface area (Å²) in [5, 5.41) is 10.8. The Bertz CT molecular complexity index is 1230. The number of nitriles is 1. The molecule has 0 aliphatic rings. The van der Waals surface area contributed by atoms with Crippen LogP contribution in [0.25, 0.3) is 22.4 Å². The molecule has 0 aliphatic heterocycles. The number of nitrogens with zero attached hydrogens (tertiary/aromatic N) is 2. The van der Waals surface area contributed by atoms with Crippen molar-refractivity contribution in [2.45, 2.75) is 24.8 Å². The van der Waals surface area contributed by atoms with Gasteiger partial charge in [-0.15, -0.1) is 11.8 Å². The highest BCUT2D eigenvalue weighted by Crippen LogP contribution is 2.34. The summed E-state index contributed by atoms with van der Waals surface area (Å²) in [5.74, 6) is 1.80. The molecule has 0 saturated heterocycles. The lowest BCUT2D eigenvalue weighted by atomic mass is 9.99. The standard InChI is InChI=1S/C29H26N2OS/c1-22-11-10-16-25(19-22)32-17-8-9-18-33-29-27(21-30)26(23-12-4-2-5-13-23)20-28(31-29)24-14-6-3-7-15-24/h2-7,10-16,19-20H,8-9,17-18H2,1H3. The van der Waals surface area contributed by atoms with Crippen molar-refractivity contribution in [1.82, 2.24) is 4.98 Å². The van der Waals surface area contributed by atoms with Gasteiger partial charge < -0.3 is 4.74 Å². The minimum atomic E-state index is 0.641. The molecule has 4 rings (SSSR count). The molecule has 0 bridgehead atoms. The molecule has 3 nitrogen and oxygen atoms in total. The van der Waals surface area contributed by atoms with Gasteiger partial charge in [-0.2, -0.15) is 5.26 Å². The molecular formula is C29H26N2OS. The van der Waals surface area contributed by atoms with Gasteiger partial charge in [-0.05, 0) is 54.8 Å². The third kappa shape index (κ3) is 6.03. The maximum absolute atomic E-state index is 9.99. The Morgan fingerprint density at radius 2 is 1.58 bits per heavy atom. The van der Waals surface area contributed by atoms with Gasteiger partial charge in [0.05, 0.1) is 17.9 Å². The van der Waals surface area contributed by atoms with Crippen molar-refractivity contribution in [2.24, 2.45) is 0 Å². The molecule has 3 aromatic carbocycles. The predicted molar refractivity (Wildman–Crippen MR) is 136 cm³/mol. The number of aryl methyl sites for hydroxylation is 1. The van der Waals surface area contributed by atoms with Crippen LogP contribution in [-0.2, 0) is 0 Å². The largest absolute Gasteiger partial charge is 0.494 e. The topological polar surface area (TPSA) is 45.9 Å². The summed E-state index contributed by atoms with van der Waals surface area (Å²) in [6.45, 7) is 2.75. The highest BCUT2D eigenvalue weighted by Gasteiger charge is 2.15. The molecule has 0 atom stereocenters. The van der Waals surface area contributed by atoms with Crippen LogP contribution in [-0.4, -0.2) is 17.3 Å². The molecule has 4 heteroatoms. The van der Waals surface area contributed by atoms with Crippen molar-refractivity contribution in [3.05, 3.63) is 102 Å². The van der Waals surface area contributed by atoms with Gasteiger partial charge in [-0.3, -0.25) is 0 Å². The van der Waals surface area contributed by atoms with Gasteiger partial charge in [-0.1, -0.05) is 72.8 Å². The van der Waals surface area contributed by atoms with Gasteiger partial charge in [-0.25, -0.2) is 4.98 Å². The molecule has 164 valence electrons. The zero-order chi connectivity index (χ0) is 22.9. The van der Waals surface area contributed by atoms with E-state index in [1.54, 1.807) is 11.8 Å². The van der Waals surface area contributed by atoms with Crippen LogP contribution in [0.1, 0.15) is 24.0 Å².